The Balaban J connectivity index is 2.75. The Morgan fingerprint density at radius 1 is 1.29 bits per heavy atom. The molecule has 0 atom stereocenters. The Bertz CT molecular complexity index is 495. The van der Waals surface area contributed by atoms with Crippen molar-refractivity contribution in [2.45, 2.75) is 45.1 Å². The molecule has 2 N–H and O–H groups in total. The number of carbonyl (C=O) groups is 2. The number of hydrogen-bond acceptors (Lipinski definition) is 3. The number of rotatable bonds is 8. The van der Waals surface area contributed by atoms with E-state index in [-0.39, 0.29) is 18.7 Å². The Hall–Kier alpha value is -2.04. The normalized spacial score (nSPS) is 11.0. The number of carboxylic acid groups (broad SMARTS) is 1. The van der Waals surface area contributed by atoms with Crippen molar-refractivity contribution in [1.29, 1.82) is 0 Å². The van der Waals surface area contributed by atoms with E-state index in [2.05, 4.69) is 5.32 Å². The first-order valence-electron chi connectivity index (χ1n) is 7.10. The predicted octanol–water partition coefficient (Wildman–Crippen LogP) is 2.39. The number of carboxylic acids is 1. The van der Waals surface area contributed by atoms with Crippen molar-refractivity contribution in [3.8, 4) is 5.75 Å². The highest BCUT2D eigenvalue weighted by atomic mass is 16.5. The minimum Gasteiger partial charge on any atom is -0.497 e. The molecule has 1 aromatic carbocycles. The first kappa shape index (κ1) is 17.0. The van der Waals surface area contributed by atoms with E-state index in [1.54, 1.807) is 13.2 Å². The van der Waals surface area contributed by atoms with Crippen molar-refractivity contribution in [3.05, 3.63) is 29.8 Å². The summed E-state index contributed by atoms with van der Waals surface area (Å²) < 4.78 is 5.12. The summed E-state index contributed by atoms with van der Waals surface area (Å²) in [6.45, 7) is 3.77. The van der Waals surface area contributed by atoms with Gasteiger partial charge in [0.25, 0.3) is 0 Å². The van der Waals surface area contributed by atoms with E-state index in [4.69, 9.17) is 9.84 Å². The molecule has 0 saturated carbocycles. The topological polar surface area (TPSA) is 75.6 Å². The van der Waals surface area contributed by atoms with Crippen molar-refractivity contribution in [2.24, 2.45) is 0 Å². The van der Waals surface area contributed by atoms with Crippen molar-refractivity contribution < 1.29 is 19.4 Å². The van der Waals surface area contributed by atoms with Gasteiger partial charge in [0.05, 0.1) is 20.0 Å². The van der Waals surface area contributed by atoms with Gasteiger partial charge >= 0.3 is 5.97 Å². The average molecular weight is 293 g/mol. The van der Waals surface area contributed by atoms with Crippen LogP contribution in [0.3, 0.4) is 0 Å². The number of aliphatic carboxylic acids is 1. The van der Waals surface area contributed by atoms with Gasteiger partial charge in [0.15, 0.2) is 0 Å². The summed E-state index contributed by atoms with van der Waals surface area (Å²) in [4.78, 5) is 23.2. The molecule has 5 nitrogen and oxygen atoms in total. The molecule has 0 bridgehead atoms. The van der Waals surface area contributed by atoms with Gasteiger partial charge in [-0.1, -0.05) is 26.0 Å². The van der Waals surface area contributed by atoms with Gasteiger partial charge in [-0.2, -0.15) is 0 Å². The number of ether oxygens (including phenoxy) is 1. The lowest BCUT2D eigenvalue weighted by molar-refractivity contribution is -0.139. The number of benzene rings is 1. The molecule has 1 amide bonds. The third-order valence-corrected chi connectivity index (χ3v) is 3.75. The summed E-state index contributed by atoms with van der Waals surface area (Å²) in [5, 5.41) is 11.9. The first-order chi connectivity index (χ1) is 9.94. The quantitative estimate of drug-likeness (QED) is 0.771. The monoisotopic (exact) mass is 293 g/mol. The molecule has 116 valence electrons. The highest BCUT2D eigenvalue weighted by Gasteiger charge is 2.30. The highest BCUT2D eigenvalue weighted by molar-refractivity contribution is 5.80. The minimum atomic E-state index is -0.902. The summed E-state index contributed by atoms with van der Waals surface area (Å²) in [6.07, 6.45) is 1.31. The molecule has 0 aliphatic rings. The lowest BCUT2D eigenvalue weighted by atomic mass is 9.88. The number of nitrogens with one attached hydrogen (secondary N) is 1. The van der Waals surface area contributed by atoms with Gasteiger partial charge in [-0.3, -0.25) is 9.59 Å². The zero-order chi connectivity index (χ0) is 15.9. The van der Waals surface area contributed by atoms with Gasteiger partial charge in [0.2, 0.25) is 5.91 Å². The van der Waals surface area contributed by atoms with Crippen LogP contribution in [0.4, 0.5) is 0 Å². The molecule has 0 heterocycles. The fourth-order valence-electron chi connectivity index (χ4n) is 2.32. The molecule has 21 heavy (non-hydrogen) atoms. The van der Waals surface area contributed by atoms with Crippen LogP contribution in [-0.2, 0) is 16.0 Å². The smallest absolute Gasteiger partial charge is 0.305 e. The van der Waals surface area contributed by atoms with E-state index in [1.165, 1.54) is 0 Å². The van der Waals surface area contributed by atoms with Gasteiger partial charge in [-0.05, 0) is 30.5 Å². The SMILES string of the molecule is CCC(CC)(CC(=O)O)NC(=O)Cc1cccc(OC)c1. The molecule has 0 spiro atoms. The third-order valence-electron chi connectivity index (χ3n) is 3.75. The highest BCUT2D eigenvalue weighted by Crippen LogP contribution is 2.20. The molecule has 0 aliphatic heterocycles. The second-order valence-corrected chi connectivity index (χ2v) is 5.13. The van der Waals surface area contributed by atoms with Crippen LogP contribution in [-0.4, -0.2) is 29.6 Å². The number of methoxy groups -OCH3 is 1. The van der Waals surface area contributed by atoms with Crippen LogP contribution in [0.2, 0.25) is 0 Å². The van der Waals surface area contributed by atoms with Crippen LogP contribution in [0.1, 0.15) is 38.7 Å². The van der Waals surface area contributed by atoms with E-state index in [1.807, 2.05) is 32.0 Å². The molecule has 0 aromatic heterocycles. The van der Waals surface area contributed by atoms with Gasteiger partial charge in [0.1, 0.15) is 5.75 Å². The van der Waals surface area contributed by atoms with Crippen molar-refractivity contribution in [3.63, 3.8) is 0 Å². The maximum absolute atomic E-state index is 12.2. The number of hydrogen-bond donors (Lipinski definition) is 2. The van der Waals surface area contributed by atoms with Crippen molar-refractivity contribution in [1.82, 2.24) is 5.32 Å². The van der Waals surface area contributed by atoms with E-state index < -0.39 is 11.5 Å². The lowest BCUT2D eigenvalue weighted by Gasteiger charge is -2.31. The summed E-state index contributed by atoms with van der Waals surface area (Å²) >= 11 is 0. The van der Waals surface area contributed by atoms with Crippen LogP contribution in [0, 0.1) is 0 Å². The van der Waals surface area contributed by atoms with E-state index >= 15 is 0 Å². The molecule has 0 unspecified atom stereocenters. The molecule has 0 radical (unpaired) electrons. The van der Waals surface area contributed by atoms with Gasteiger partial charge < -0.3 is 15.2 Å². The standard InChI is InChI=1S/C16H23NO4/c1-4-16(5-2,11-15(19)20)17-14(18)10-12-7-6-8-13(9-12)21-3/h6-9H,4-5,10-11H2,1-3H3,(H,17,18)(H,19,20). The van der Waals surface area contributed by atoms with E-state index in [0.29, 0.717) is 18.6 Å². The van der Waals surface area contributed by atoms with Crippen molar-refractivity contribution >= 4 is 11.9 Å². The Labute approximate surface area is 125 Å². The summed E-state index contributed by atoms with van der Waals surface area (Å²) in [7, 11) is 1.57. The number of amides is 1. The maximum atomic E-state index is 12.2. The minimum absolute atomic E-state index is 0.0656. The zero-order valence-corrected chi connectivity index (χ0v) is 12.8. The second-order valence-electron chi connectivity index (χ2n) is 5.13. The largest absolute Gasteiger partial charge is 0.497 e. The molecule has 0 aliphatic carbocycles. The molecular weight excluding hydrogens is 270 g/mol. The fourth-order valence-corrected chi connectivity index (χ4v) is 2.32. The van der Waals surface area contributed by atoms with E-state index in [9.17, 15) is 9.59 Å². The summed E-state index contributed by atoms with van der Waals surface area (Å²) in [5.41, 5.74) is 0.158. The second kappa shape index (κ2) is 7.67. The third kappa shape index (κ3) is 5.10. The molecule has 1 aromatic rings. The van der Waals surface area contributed by atoms with Crippen LogP contribution in [0.5, 0.6) is 5.75 Å². The van der Waals surface area contributed by atoms with Gasteiger partial charge in [-0.15, -0.1) is 0 Å². The fraction of sp³-hybridized carbons (Fsp3) is 0.500. The zero-order valence-electron chi connectivity index (χ0n) is 12.8. The van der Waals surface area contributed by atoms with Crippen molar-refractivity contribution in [2.75, 3.05) is 7.11 Å². The average Bonchev–Trinajstić information content (AvgIpc) is 2.46. The Morgan fingerprint density at radius 2 is 1.95 bits per heavy atom. The van der Waals surface area contributed by atoms with Crippen LogP contribution >= 0.6 is 0 Å². The molecule has 1 rings (SSSR count). The molecular formula is C16H23NO4. The molecule has 5 heteroatoms. The number of carbonyl (C=O) groups excluding carboxylic acids is 1. The Kier molecular flexibility index (Phi) is 6.21. The maximum Gasteiger partial charge on any atom is 0.305 e. The van der Waals surface area contributed by atoms with Crippen LogP contribution in [0.15, 0.2) is 24.3 Å². The molecule has 0 fully saturated rings. The Morgan fingerprint density at radius 3 is 2.48 bits per heavy atom. The molecule has 0 saturated heterocycles. The van der Waals surface area contributed by atoms with Gasteiger partial charge in [-0.25, -0.2) is 0 Å². The van der Waals surface area contributed by atoms with E-state index in [0.717, 1.165) is 5.56 Å². The first-order valence-corrected chi connectivity index (χ1v) is 7.10. The van der Waals surface area contributed by atoms with Crippen LogP contribution in [0.25, 0.3) is 0 Å². The summed E-state index contributed by atoms with van der Waals surface area (Å²) in [6, 6.07) is 7.29. The van der Waals surface area contributed by atoms with Crippen LogP contribution < -0.4 is 10.1 Å². The predicted molar refractivity (Wildman–Crippen MR) is 80.4 cm³/mol. The van der Waals surface area contributed by atoms with Gasteiger partial charge in [0, 0.05) is 5.54 Å². The lowest BCUT2D eigenvalue weighted by Crippen LogP contribution is -2.49. The summed E-state index contributed by atoms with van der Waals surface area (Å²) in [5.74, 6) is -0.378.